The Morgan fingerprint density at radius 2 is 2.21 bits per heavy atom. The minimum Gasteiger partial charge on any atom is -0.463 e. The molecule has 6 heteroatoms. The lowest BCUT2D eigenvalue weighted by atomic mass is 9.95. The minimum absolute atomic E-state index is 0.0734. The maximum Gasteiger partial charge on any atom is 0.308 e. The molecular formula is C13H9BO5. The van der Waals surface area contributed by atoms with Gasteiger partial charge in [0.2, 0.25) is 5.43 Å². The average Bonchev–Trinajstić information content (AvgIpc) is 2.38. The Kier molecular flexibility index (Phi) is 3.51. The van der Waals surface area contributed by atoms with E-state index < -0.39 is 11.4 Å². The number of rotatable bonds is 3. The number of aldehydes is 1. The molecule has 19 heavy (non-hydrogen) atoms. The van der Waals surface area contributed by atoms with Crippen molar-refractivity contribution in [3.8, 4) is 5.75 Å². The van der Waals surface area contributed by atoms with Crippen LogP contribution in [0.5, 0.6) is 5.75 Å². The minimum atomic E-state index is -0.499. The maximum absolute atomic E-state index is 11.9. The lowest BCUT2D eigenvalue weighted by molar-refractivity contribution is -0.131. The van der Waals surface area contributed by atoms with Gasteiger partial charge in [-0.3, -0.25) is 14.4 Å². The highest BCUT2D eigenvalue weighted by molar-refractivity contribution is 6.09. The van der Waals surface area contributed by atoms with E-state index in [0.717, 1.165) is 6.26 Å². The smallest absolute Gasteiger partial charge is 0.308 e. The van der Waals surface area contributed by atoms with E-state index in [1.54, 1.807) is 0 Å². The molecule has 0 atom stereocenters. The van der Waals surface area contributed by atoms with Gasteiger partial charge in [0.15, 0.2) is 6.29 Å². The van der Waals surface area contributed by atoms with Gasteiger partial charge in [0.1, 0.15) is 17.6 Å². The van der Waals surface area contributed by atoms with Crippen molar-refractivity contribution in [2.75, 3.05) is 0 Å². The van der Waals surface area contributed by atoms with Crippen LogP contribution < -0.4 is 10.2 Å². The summed E-state index contributed by atoms with van der Waals surface area (Å²) in [5.74, 6) is -0.259. The molecule has 0 spiro atoms. The molecule has 0 saturated carbocycles. The fourth-order valence-electron chi connectivity index (χ4n) is 1.71. The van der Waals surface area contributed by atoms with E-state index in [2.05, 4.69) is 0 Å². The number of carbonyl (C=O) groups excluding carboxylic acids is 2. The fourth-order valence-corrected chi connectivity index (χ4v) is 1.71. The van der Waals surface area contributed by atoms with Crippen LogP contribution in [0.2, 0.25) is 0 Å². The van der Waals surface area contributed by atoms with Gasteiger partial charge in [-0.25, -0.2) is 0 Å². The van der Waals surface area contributed by atoms with Crippen molar-refractivity contribution in [2.24, 2.45) is 0 Å². The number of hydrogen-bond acceptors (Lipinski definition) is 5. The van der Waals surface area contributed by atoms with Crippen molar-refractivity contribution in [1.29, 1.82) is 0 Å². The summed E-state index contributed by atoms with van der Waals surface area (Å²) in [6.07, 6.45) is 1.58. The lowest BCUT2D eigenvalue weighted by Gasteiger charge is -2.08. The number of benzene rings is 1. The average molecular weight is 256 g/mol. The van der Waals surface area contributed by atoms with E-state index in [0.29, 0.717) is 11.8 Å². The summed E-state index contributed by atoms with van der Waals surface area (Å²) < 4.78 is 10.2. The number of fused-ring (bicyclic) bond motifs is 1. The third-order valence-corrected chi connectivity index (χ3v) is 2.58. The van der Waals surface area contributed by atoms with Crippen molar-refractivity contribution >= 4 is 31.1 Å². The van der Waals surface area contributed by atoms with Crippen molar-refractivity contribution in [1.82, 2.24) is 0 Å². The molecule has 0 aliphatic heterocycles. The van der Waals surface area contributed by atoms with Crippen LogP contribution in [0, 0.1) is 0 Å². The molecule has 0 bridgehead atoms. The van der Waals surface area contributed by atoms with Crippen LogP contribution in [0.3, 0.4) is 0 Å². The fraction of sp³-hybridized carbons (Fsp3) is 0.154. The quantitative estimate of drug-likeness (QED) is 0.357. The van der Waals surface area contributed by atoms with Gasteiger partial charge in [0.05, 0.1) is 18.8 Å². The predicted octanol–water partition coefficient (Wildman–Crippen LogP) is 1.20. The summed E-state index contributed by atoms with van der Waals surface area (Å²) in [5.41, 5.74) is 0.193. The van der Waals surface area contributed by atoms with E-state index in [1.807, 2.05) is 0 Å². The Balaban J connectivity index is 2.73. The largest absolute Gasteiger partial charge is 0.463 e. The molecule has 2 aromatic rings. The SMILES string of the molecule is [B]Cc1cc2c(=O)c(C=O)coc2cc1OC(C)=O. The molecule has 0 amide bonds. The molecule has 0 aliphatic rings. The Morgan fingerprint density at radius 1 is 1.47 bits per heavy atom. The molecule has 1 aromatic carbocycles. The highest BCUT2D eigenvalue weighted by Crippen LogP contribution is 2.25. The molecule has 0 N–H and O–H groups in total. The molecule has 94 valence electrons. The normalized spacial score (nSPS) is 10.4. The number of esters is 1. The number of hydrogen-bond donors (Lipinski definition) is 0. The maximum atomic E-state index is 11.9. The lowest BCUT2D eigenvalue weighted by Crippen LogP contribution is -2.10. The molecule has 1 aromatic heterocycles. The van der Waals surface area contributed by atoms with Crippen molar-refractivity contribution < 1.29 is 18.7 Å². The van der Waals surface area contributed by atoms with Crippen LogP contribution >= 0.6 is 0 Å². The molecule has 0 aliphatic carbocycles. The molecule has 5 nitrogen and oxygen atoms in total. The molecule has 1 heterocycles. The van der Waals surface area contributed by atoms with Crippen LogP contribution in [-0.4, -0.2) is 20.1 Å². The third-order valence-electron chi connectivity index (χ3n) is 2.58. The highest BCUT2D eigenvalue weighted by Gasteiger charge is 2.12. The summed E-state index contributed by atoms with van der Waals surface area (Å²) in [6.45, 7) is 1.26. The second kappa shape index (κ2) is 5.10. The monoisotopic (exact) mass is 256 g/mol. The van der Waals surface area contributed by atoms with E-state index in [-0.39, 0.29) is 28.6 Å². The second-order valence-electron chi connectivity index (χ2n) is 3.89. The Bertz CT molecular complexity index is 717. The summed E-state index contributed by atoms with van der Waals surface area (Å²) in [5, 5.41) is 0.223. The summed E-state index contributed by atoms with van der Waals surface area (Å²) in [4.78, 5) is 33.6. The first kappa shape index (κ1) is 13.1. The summed E-state index contributed by atoms with van der Waals surface area (Å²) in [6, 6.07) is 2.88. The van der Waals surface area contributed by atoms with Crippen molar-refractivity contribution in [2.45, 2.75) is 13.2 Å². The van der Waals surface area contributed by atoms with Crippen LogP contribution in [0.15, 0.2) is 27.6 Å². The zero-order valence-electron chi connectivity index (χ0n) is 10.1. The van der Waals surface area contributed by atoms with Crippen LogP contribution in [0.4, 0.5) is 0 Å². The molecule has 0 unspecified atom stereocenters. The Labute approximate surface area is 109 Å². The number of carbonyl (C=O) groups is 2. The molecule has 0 fully saturated rings. The second-order valence-corrected chi connectivity index (χ2v) is 3.89. The van der Waals surface area contributed by atoms with Crippen LogP contribution in [0.25, 0.3) is 11.0 Å². The standard InChI is InChI=1S/C13H9BO5/c1-7(16)19-11-3-12-10(2-8(11)4-14)13(17)9(5-15)6-18-12/h2-3,5-6H,4H2,1H3. The zero-order valence-corrected chi connectivity index (χ0v) is 10.1. The third kappa shape index (κ3) is 2.42. The van der Waals surface area contributed by atoms with Crippen LogP contribution in [0.1, 0.15) is 22.8 Å². The first-order valence-corrected chi connectivity index (χ1v) is 5.49. The van der Waals surface area contributed by atoms with Crippen LogP contribution in [-0.2, 0) is 11.1 Å². The van der Waals surface area contributed by atoms with Crippen molar-refractivity contribution in [3.05, 3.63) is 39.7 Å². The predicted molar refractivity (Wildman–Crippen MR) is 68.6 cm³/mol. The highest BCUT2D eigenvalue weighted by atomic mass is 16.5. The van der Waals surface area contributed by atoms with E-state index in [1.165, 1.54) is 19.1 Å². The Hall–Kier alpha value is -2.37. The van der Waals surface area contributed by atoms with E-state index in [4.69, 9.17) is 17.0 Å². The van der Waals surface area contributed by atoms with Gasteiger partial charge >= 0.3 is 5.97 Å². The van der Waals surface area contributed by atoms with Gasteiger partial charge in [-0.1, -0.05) is 6.32 Å². The molecule has 2 rings (SSSR count). The van der Waals surface area contributed by atoms with Gasteiger partial charge in [0.25, 0.3) is 0 Å². The van der Waals surface area contributed by atoms with E-state index >= 15 is 0 Å². The zero-order chi connectivity index (χ0) is 14.0. The van der Waals surface area contributed by atoms with Gasteiger partial charge in [0, 0.05) is 13.0 Å². The molecule has 2 radical (unpaired) electrons. The first-order chi connectivity index (χ1) is 9.06. The molecule has 0 saturated heterocycles. The van der Waals surface area contributed by atoms with Gasteiger partial charge < -0.3 is 9.15 Å². The molecular weight excluding hydrogens is 247 g/mol. The first-order valence-electron chi connectivity index (χ1n) is 5.49. The topological polar surface area (TPSA) is 73.6 Å². The van der Waals surface area contributed by atoms with Gasteiger partial charge in [-0.15, -0.1) is 0 Å². The summed E-state index contributed by atoms with van der Waals surface area (Å²) in [7, 11) is 5.54. The number of ether oxygens (including phenoxy) is 1. The summed E-state index contributed by atoms with van der Waals surface area (Å²) >= 11 is 0. The van der Waals surface area contributed by atoms with E-state index in [9.17, 15) is 14.4 Å². The van der Waals surface area contributed by atoms with Crippen molar-refractivity contribution in [3.63, 3.8) is 0 Å². The van der Waals surface area contributed by atoms with Gasteiger partial charge in [-0.05, 0) is 11.6 Å². The van der Waals surface area contributed by atoms with Gasteiger partial charge in [-0.2, -0.15) is 0 Å². The Morgan fingerprint density at radius 3 is 2.79 bits per heavy atom.